The molecule has 1 heteroatoms. The van der Waals surface area contributed by atoms with Crippen LogP contribution in [0.3, 0.4) is 0 Å². The van der Waals surface area contributed by atoms with Crippen LogP contribution in [0.2, 0.25) is 0 Å². The standard InChI is InChI=1S/C10H16O/c1-5-8-11-10(4)7-6-9(2)3/h5-7H,1,8H2,2-4H3/b10-7+. The van der Waals surface area contributed by atoms with E-state index in [-0.39, 0.29) is 0 Å². The first kappa shape index (κ1) is 10.0. The number of rotatable bonds is 4. The molecule has 0 amide bonds. The van der Waals surface area contributed by atoms with Crippen LogP contribution < -0.4 is 0 Å². The van der Waals surface area contributed by atoms with Gasteiger partial charge in [0, 0.05) is 0 Å². The average Bonchev–Trinajstić information content (AvgIpc) is 1.97. The molecule has 0 saturated carbocycles. The van der Waals surface area contributed by atoms with Gasteiger partial charge in [-0.15, -0.1) is 0 Å². The summed E-state index contributed by atoms with van der Waals surface area (Å²) in [5.74, 6) is 0.922. The van der Waals surface area contributed by atoms with Gasteiger partial charge in [-0.1, -0.05) is 24.3 Å². The van der Waals surface area contributed by atoms with Gasteiger partial charge in [0.15, 0.2) is 0 Å². The molecule has 1 nitrogen and oxygen atoms in total. The van der Waals surface area contributed by atoms with E-state index in [0.29, 0.717) is 6.61 Å². The molecule has 0 aliphatic carbocycles. The van der Waals surface area contributed by atoms with Crippen LogP contribution in [0.15, 0.2) is 36.1 Å². The van der Waals surface area contributed by atoms with Crippen molar-refractivity contribution in [1.29, 1.82) is 0 Å². The Bertz CT molecular complexity index is 171. The van der Waals surface area contributed by atoms with E-state index < -0.39 is 0 Å². The van der Waals surface area contributed by atoms with Crippen LogP contribution in [-0.4, -0.2) is 6.61 Å². The summed E-state index contributed by atoms with van der Waals surface area (Å²) in [4.78, 5) is 0. The quantitative estimate of drug-likeness (QED) is 0.342. The van der Waals surface area contributed by atoms with Crippen molar-refractivity contribution in [1.82, 2.24) is 0 Å². The number of hydrogen-bond acceptors (Lipinski definition) is 1. The Labute approximate surface area is 69.1 Å². The lowest BCUT2D eigenvalue weighted by Crippen LogP contribution is -1.86. The molecule has 0 aliphatic heterocycles. The molecule has 0 saturated heterocycles. The lowest BCUT2D eigenvalue weighted by molar-refractivity contribution is 0.250. The molecule has 62 valence electrons. The minimum Gasteiger partial charge on any atom is -0.494 e. The summed E-state index contributed by atoms with van der Waals surface area (Å²) in [6.45, 7) is 10.2. The maximum atomic E-state index is 5.24. The third kappa shape index (κ3) is 6.91. The molecule has 0 aromatic carbocycles. The molecule has 0 heterocycles. The minimum absolute atomic E-state index is 0.582. The molecule has 0 unspecified atom stereocenters. The highest BCUT2D eigenvalue weighted by Crippen LogP contribution is 1.98. The molecular formula is C10H16O. The lowest BCUT2D eigenvalue weighted by atomic mass is 10.3. The second-order valence-corrected chi connectivity index (χ2v) is 2.62. The van der Waals surface area contributed by atoms with Gasteiger partial charge in [0.05, 0.1) is 5.76 Å². The van der Waals surface area contributed by atoms with Gasteiger partial charge in [0.2, 0.25) is 0 Å². The Morgan fingerprint density at radius 2 is 1.91 bits per heavy atom. The van der Waals surface area contributed by atoms with Gasteiger partial charge in [0.25, 0.3) is 0 Å². The van der Waals surface area contributed by atoms with Crippen molar-refractivity contribution in [2.75, 3.05) is 6.61 Å². The molecule has 0 fully saturated rings. The Morgan fingerprint density at radius 3 is 2.36 bits per heavy atom. The highest BCUT2D eigenvalue weighted by Gasteiger charge is 1.83. The molecule has 0 radical (unpaired) electrons. The zero-order valence-electron chi connectivity index (χ0n) is 7.55. The highest BCUT2D eigenvalue weighted by atomic mass is 16.5. The van der Waals surface area contributed by atoms with Crippen molar-refractivity contribution >= 4 is 0 Å². The fraction of sp³-hybridized carbons (Fsp3) is 0.400. The SMILES string of the molecule is C=CCO/C(C)=C/C=C(C)C. The van der Waals surface area contributed by atoms with Crippen LogP contribution in [0.4, 0.5) is 0 Å². The average molecular weight is 152 g/mol. The van der Waals surface area contributed by atoms with E-state index in [1.165, 1.54) is 5.57 Å². The first-order valence-electron chi connectivity index (χ1n) is 3.72. The van der Waals surface area contributed by atoms with Gasteiger partial charge in [-0.2, -0.15) is 0 Å². The first-order chi connectivity index (χ1) is 5.16. The van der Waals surface area contributed by atoms with E-state index in [4.69, 9.17) is 4.74 Å². The van der Waals surface area contributed by atoms with Crippen LogP contribution in [0, 0.1) is 0 Å². The maximum Gasteiger partial charge on any atom is 0.106 e. The third-order valence-electron chi connectivity index (χ3n) is 1.08. The smallest absolute Gasteiger partial charge is 0.106 e. The highest BCUT2D eigenvalue weighted by molar-refractivity contribution is 5.10. The van der Waals surface area contributed by atoms with E-state index >= 15 is 0 Å². The number of ether oxygens (including phenoxy) is 1. The fourth-order valence-corrected chi connectivity index (χ4v) is 0.523. The molecule has 0 bridgehead atoms. The Hall–Kier alpha value is -0.980. The van der Waals surface area contributed by atoms with Crippen LogP contribution in [-0.2, 0) is 4.74 Å². The van der Waals surface area contributed by atoms with E-state index in [1.807, 2.05) is 19.1 Å². The van der Waals surface area contributed by atoms with Gasteiger partial charge in [-0.05, 0) is 26.8 Å². The number of hydrogen-bond donors (Lipinski definition) is 0. The Balaban J connectivity index is 3.80. The lowest BCUT2D eigenvalue weighted by Gasteiger charge is -2.00. The van der Waals surface area contributed by atoms with Crippen molar-refractivity contribution in [2.24, 2.45) is 0 Å². The Morgan fingerprint density at radius 1 is 1.27 bits per heavy atom. The molecule has 0 spiro atoms. The van der Waals surface area contributed by atoms with Crippen molar-refractivity contribution in [2.45, 2.75) is 20.8 Å². The Kier molecular flexibility index (Phi) is 5.26. The third-order valence-corrected chi connectivity index (χ3v) is 1.08. The van der Waals surface area contributed by atoms with Gasteiger partial charge in [0.1, 0.15) is 6.61 Å². The maximum absolute atomic E-state index is 5.24. The van der Waals surface area contributed by atoms with Crippen molar-refractivity contribution < 1.29 is 4.74 Å². The van der Waals surface area contributed by atoms with Crippen LogP contribution in [0.5, 0.6) is 0 Å². The van der Waals surface area contributed by atoms with E-state index in [9.17, 15) is 0 Å². The monoisotopic (exact) mass is 152 g/mol. The predicted molar refractivity (Wildman–Crippen MR) is 49.3 cm³/mol. The predicted octanol–water partition coefficient (Wildman–Crippen LogP) is 3.06. The van der Waals surface area contributed by atoms with Gasteiger partial charge in [-0.25, -0.2) is 0 Å². The first-order valence-corrected chi connectivity index (χ1v) is 3.72. The van der Waals surface area contributed by atoms with Gasteiger partial charge < -0.3 is 4.74 Å². The zero-order valence-corrected chi connectivity index (χ0v) is 7.55. The molecule has 0 N–H and O–H groups in total. The number of allylic oxidation sites excluding steroid dienone is 4. The summed E-state index contributed by atoms with van der Waals surface area (Å²) >= 11 is 0. The second kappa shape index (κ2) is 5.78. The normalized spacial score (nSPS) is 10.6. The topological polar surface area (TPSA) is 9.23 Å². The summed E-state index contributed by atoms with van der Waals surface area (Å²) in [6.07, 6.45) is 5.72. The molecule has 0 aromatic heterocycles. The van der Waals surface area contributed by atoms with E-state index in [0.717, 1.165) is 5.76 Å². The summed E-state index contributed by atoms with van der Waals surface area (Å²) in [6, 6.07) is 0. The zero-order chi connectivity index (χ0) is 8.69. The van der Waals surface area contributed by atoms with Gasteiger partial charge >= 0.3 is 0 Å². The van der Waals surface area contributed by atoms with Gasteiger partial charge in [-0.3, -0.25) is 0 Å². The minimum atomic E-state index is 0.582. The van der Waals surface area contributed by atoms with Crippen LogP contribution >= 0.6 is 0 Å². The fourth-order valence-electron chi connectivity index (χ4n) is 0.523. The van der Waals surface area contributed by atoms with E-state index in [2.05, 4.69) is 20.4 Å². The second-order valence-electron chi connectivity index (χ2n) is 2.62. The van der Waals surface area contributed by atoms with Crippen LogP contribution in [0.25, 0.3) is 0 Å². The molecule has 0 aliphatic rings. The van der Waals surface area contributed by atoms with Crippen molar-refractivity contribution in [3.05, 3.63) is 36.1 Å². The summed E-state index contributed by atoms with van der Waals surface area (Å²) < 4.78 is 5.24. The van der Waals surface area contributed by atoms with Crippen LogP contribution in [0.1, 0.15) is 20.8 Å². The largest absolute Gasteiger partial charge is 0.494 e. The van der Waals surface area contributed by atoms with Crippen molar-refractivity contribution in [3.8, 4) is 0 Å². The summed E-state index contributed by atoms with van der Waals surface area (Å²) in [5, 5.41) is 0. The summed E-state index contributed by atoms with van der Waals surface area (Å²) in [5.41, 5.74) is 1.27. The molecular weight excluding hydrogens is 136 g/mol. The molecule has 0 atom stereocenters. The molecule has 0 aromatic rings. The molecule has 0 rings (SSSR count). The summed E-state index contributed by atoms with van der Waals surface area (Å²) in [7, 11) is 0. The van der Waals surface area contributed by atoms with E-state index in [1.54, 1.807) is 6.08 Å². The molecule has 11 heavy (non-hydrogen) atoms. The van der Waals surface area contributed by atoms with Crippen molar-refractivity contribution in [3.63, 3.8) is 0 Å².